The molecule has 1 aromatic heterocycles. The molecule has 2 N–H and O–H groups in total. The van der Waals surface area contributed by atoms with Crippen LogP contribution in [0.4, 0.5) is 4.39 Å². The predicted octanol–water partition coefficient (Wildman–Crippen LogP) is 2.36. The van der Waals surface area contributed by atoms with Gasteiger partial charge in [0.2, 0.25) is 0 Å². The second kappa shape index (κ2) is 6.77. The van der Waals surface area contributed by atoms with Crippen molar-refractivity contribution in [2.24, 2.45) is 11.7 Å². The summed E-state index contributed by atoms with van der Waals surface area (Å²) in [7, 11) is 1.48. The average Bonchev–Trinajstić information content (AvgIpc) is 2.63. The third-order valence-corrected chi connectivity index (χ3v) is 5.34. The highest BCUT2D eigenvalue weighted by Crippen LogP contribution is 2.36. The van der Waals surface area contributed by atoms with Gasteiger partial charge in [0.25, 0.3) is 0 Å². The second-order valence-corrected chi connectivity index (χ2v) is 7.10. The standard InChI is InChI=1S/C19H24FN3O2/c1-24-16-3-2-15-18(19(16)20)14-8-12(11-25-17(14)9-22-15)10-23-6-4-13(21)5-7-23/h2-3,9,12-13H,4-8,10-11,21H2,1H3. The van der Waals surface area contributed by atoms with Gasteiger partial charge in [0.05, 0.1) is 25.4 Å². The molecule has 0 saturated carbocycles. The van der Waals surface area contributed by atoms with Crippen LogP contribution in [0, 0.1) is 11.7 Å². The summed E-state index contributed by atoms with van der Waals surface area (Å²) >= 11 is 0. The second-order valence-electron chi connectivity index (χ2n) is 7.10. The molecule has 3 heterocycles. The van der Waals surface area contributed by atoms with Crippen molar-refractivity contribution in [3.05, 3.63) is 29.7 Å². The number of aromatic nitrogens is 1. The lowest BCUT2D eigenvalue weighted by atomic mass is 9.92. The number of rotatable bonds is 3. The topological polar surface area (TPSA) is 60.6 Å². The summed E-state index contributed by atoms with van der Waals surface area (Å²) in [6.45, 7) is 3.67. The van der Waals surface area contributed by atoms with Gasteiger partial charge in [-0.05, 0) is 44.5 Å². The quantitative estimate of drug-likeness (QED) is 0.925. The van der Waals surface area contributed by atoms with Crippen LogP contribution in [0.1, 0.15) is 18.4 Å². The number of halogens is 1. The minimum Gasteiger partial charge on any atom is -0.494 e. The summed E-state index contributed by atoms with van der Waals surface area (Å²) in [6, 6.07) is 3.75. The molecular formula is C19H24FN3O2. The highest BCUT2D eigenvalue weighted by atomic mass is 19.1. The molecule has 0 spiro atoms. The molecule has 6 heteroatoms. The first-order valence-electron chi connectivity index (χ1n) is 8.90. The third kappa shape index (κ3) is 3.16. The number of nitrogens with zero attached hydrogens (tertiary/aromatic N) is 2. The number of benzene rings is 1. The minimum atomic E-state index is -0.349. The maximum atomic E-state index is 14.8. The summed E-state index contributed by atoms with van der Waals surface area (Å²) in [5.41, 5.74) is 7.54. The number of ether oxygens (including phenoxy) is 2. The molecule has 1 fully saturated rings. The molecule has 2 aromatic rings. The first kappa shape index (κ1) is 16.5. The SMILES string of the molecule is COc1ccc2ncc3c(c2c1F)CC(CN1CCC(N)CC1)CO3. The van der Waals surface area contributed by atoms with Gasteiger partial charge in [0, 0.05) is 29.5 Å². The van der Waals surface area contributed by atoms with Crippen molar-refractivity contribution in [2.45, 2.75) is 25.3 Å². The van der Waals surface area contributed by atoms with Gasteiger partial charge in [0.1, 0.15) is 5.75 Å². The van der Waals surface area contributed by atoms with E-state index in [2.05, 4.69) is 9.88 Å². The lowest BCUT2D eigenvalue weighted by Gasteiger charge is -2.34. The largest absolute Gasteiger partial charge is 0.494 e. The fourth-order valence-corrected chi connectivity index (χ4v) is 3.93. The minimum absolute atomic E-state index is 0.245. The Morgan fingerprint density at radius 2 is 2.16 bits per heavy atom. The van der Waals surface area contributed by atoms with Crippen LogP contribution in [0.3, 0.4) is 0 Å². The normalized spacial score (nSPS) is 21.8. The Hall–Kier alpha value is -1.92. The van der Waals surface area contributed by atoms with E-state index in [1.807, 2.05) is 0 Å². The molecule has 2 aliphatic heterocycles. The Balaban J connectivity index is 1.60. The lowest BCUT2D eigenvalue weighted by Crippen LogP contribution is -2.43. The Labute approximate surface area is 146 Å². The van der Waals surface area contributed by atoms with E-state index >= 15 is 0 Å². The van der Waals surface area contributed by atoms with Crippen molar-refractivity contribution in [3.8, 4) is 11.5 Å². The third-order valence-electron chi connectivity index (χ3n) is 5.34. The van der Waals surface area contributed by atoms with E-state index in [0.29, 0.717) is 35.2 Å². The Morgan fingerprint density at radius 1 is 1.36 bits per heavy atom. The van der Waals surface area contributed by atoms with Crippen molar-refractivity contribution in [1.29, 1.82) is 0 Å². The van der Waals surface area contributed by atoms with Crippen LogP contribution >= 0.6 is 0 Å². The van der Waals surface area contributed by atoms with Crippen molar-refractivity contribution in [1.82, 2.24) is 9.88 Å². The molecular weight excluding hydrogens is 321 g/mol. The van der Waals surface area contributed by atoms with Crippen molar-refractivity contribution < 1.29 is 13.9 Å². The number of piperidine rings is 1. The fraction of sp³-hybridized carbons (Fsp3) is 0.526. The van der Waals surface area contributed by atoms with Crippen LogP contribution in [0.5, 0.6) is 11.5 Å². The smallest absolute Gasteiger partial charge is 0.174 e. The number of hydrogen-bond donors (Lipinski definition) is 1. The lowest BCUT2D eigenvalue weighted by molar-refractivity contribution is 0.138. The van der Waals surface area contributed by atoms with Crippen LogP contribution in [-0.4, -0.2) is 49.3 Å². The van der Waals surface area contributed by atoms with E-state index in [4.69, 9.17) is 15.2 Å². The van der Waals surface area contributed by atoms with Crippen molar-refractivity contribution >= 4 is 10.9 Å². The van der Waals surface area contributed by atoms with E-state index in [1.54, 1.807) is 18.3 Å². The molecule has 1 atom stereocenters. The summed E-state index contributed by atoms with van der Waals surface area (Å²) in [5, 5.41) is 0.530. The molecule has 0 bridgehead atoms. The maximum absolute atomic E-state index is 14.8. The highest BCUT2D eigenvalue weighted by molar-refractivity contribution is 5.86. The monoisotopic (exact) mass is 345 g/mol. The number of likely N-dealkylation sites (tertiary alicyclic amines) is 1. The Kier molecular flexibility index (Phi) is 4.48. The molecule has 0 radical (unpaired) electrons. The number of methoxy groups -OCH3 is 1. The molecule has 134 valence electrons. The van der Waals surface area contributed by atoms with E-state index < -0.39 is 0 Å². The molecule has 0 aliphatic carbocycles. The van der Waals surface area contributed by atoms with E-state index in [-0.39, 0.29) is 11.6 Å². The van der Waals surface area contributed by atoms with Gasteiger partial charge in [-0.25, -0.2) is 4.39 Å². The van der Waals surface area contributed by atoms with E-state index in [1.165, 1.54) is 7.11 Å². The fourth-order valence-electron chi connectivity index (χ4n) is 3.93. The van der Waals surface area contributed by atoms with Crippen LogP contribution < -0.4 is 15.2 Å². The van der Waals surface area contributed by atoms with Crippen LogP contribution in [0.2, 0.25) is 0 Å². The van der Waals surface area contributed by atoms with Crippen LogP contribution in [-0.2, 0) is 6.42 Å². The highest BCUT2D eigenvalue weighted by Gasteiger charge is 2.27. The van der Waals surface area contributed by atoms with Crippen LogP contribution in [0.25, 0.3) is 10.9 Å². The number of hydrogen-bond acceptors (Lipinski definition) is 5. The molecule has 4 rings (SSSR count). The van der Waals surface area contributed by atoms with Gasteiger partial charge >= 0.3 is 0 Å². The maximum Gasteiger partial charge on any atom is 0.174 e. The van der Waals surface area contributed by atoms with Gasteiger partial charge in [-0.1, -0.05) is 0 Å². The van der Waals surface area contributed by atoms with Gasteiger partial charge in [-0.2, -0.15) is 0 Å². The summed E-state index contributed by atoms with van der Waals surface area (Å²) in [6.07, 6.45) is 4.59. The molecule has 1 saturated heterocycles. The molecule has 2 aliphatic rings. The summed E-state index contributed by atoms with van der Waals surface area (Å²) in [4.78, 5) is 6.78. The average molecular weight is 345 g/mol. The molecule has 25 heavy (non-hydrogen) atoms. The van der Waals surface area contributed by atoms with Gasteiger partial charge in [-0.15, -0.1) is 0 Å². The van der Waals surface area contributed by atoms with Gasteiger partial charge in [0.15, 0.2) is 11.6 Å². The van der Waals surface area contributed by atoms with Crippen molar-refractivity contribution in [2.75, 3.05) is 33.4 Å². The van der Waals surface area contributed by atoms with Gasteiger partial charge in [-0.3, -0.25) is 4.98 Å². The van der Waals surface area contributed by atoms with Crippen LogP contribution in [0.15, 0.2) is 18.3 Å². The van der Waals surface area contributed by atoms with E-state index in [0.717, 1.165) is 44.5 Å². The van der Waals surface area contributed by atoms with E-state index in [9.17, 15) is 4.39 Å². The Bertz CT molecular complexity index is 770. The summed E-state index contributed by atoms with van der Waals surface area (Å²) < 4.78 is 25.9. The zero-order valence-electron chi connectivity index (χ0n) is 14.5. The molecule has 1 unspecified atom stereocenters. The molecule has 1 aromatic carbocycles. The first-order chi connectivity index (χ1) is 12.2. The summed E-state index contributed by atoms with van der Waals surface area (Å²) in [5.74, 6) is 0.932. The predicted molar refractivity (Wildman–Crippen MR) is 94.6 cm³/mol. The number of pyridine rings is 1. The molecule has 5 nitrogen and oxygen atoms in total. The number of nitrogens with two attached hydrogens (primary N) is 1. The first-order valence-corrected chi connectivity index (χ1v) is 8.90. The van der Waals surface area contributed by atoms with Crippen molar-refractivity contribution in [3.63, 3.8) is 0 Å². The zero-order valence-corrected chi connectivity index (χ0v) is 14.5. The zero-order chi connectivity index (χ0) is 17.4. The number of fused-ring (bicyclic) bond motifs is 3. The molecule has 0 amide bonds. The van der Waals surface area contributed by atoms with Gasteiger partial charge < -0.3 is 20.1 Å². The Morgan fingerprint density at radius 3 is 2.92 bits per heavy atom.